The number of nitrogens with one attached hydrogen (secondary N) is 2. The summed E-state index contributed by atoms with van der Waals surface area (Å²) in [4.78, 5) is 0. The van der Waals surface area contributed by atoms with Crippen LogP contribution in [0.15, 0.2) is 0 Å². The molecular weight excluding hydrogens is 276 g/mol. The quantitative estimate of drug-likeness (QED) is 0.635. The molecule has 0 aromatic heterocycles. The van der Waals surface area contributed by atoms with E-state index in [1.807, 2.05) is 0 Å². The van der Waals surface area contributed by atoms with Gasteiger partial charge in [-0.05, 0) is 25.2 Å². The van der Waals surface area contributed by atoms with Crippen molar-refractivity contribution in [2.24, 2.45) is 5.92 Å². The van der Waals surface area contributed by atoms with Gasteiger partial charge in [0.15, 0.2) is 9.84 Å². The van der Waals surface area contributed by atoms with Gasteiger partial charge in [-0.15, -0.1) is 0 Å². The molecule has 1 saturated heterocycles. The van der Waals surface area contributed by atoms with Crippen molar-refractivity contribution in [2.75, 3.05) is 30.3 Å². The third-order valence-corrected chi connectivity index (χ3v) is 6.48. The van der Waals surface area contributed by atoms with E-state index in [4.69, 9.17) is 0 Å². The van der Waals surface area contributed by atoms with Crippen molar-refractivity contribution in [1.82, 2.24) is 10.0 Å². The first-order valence-electron chi connectivity index (χ1n) is 6.27. The highest BCUT2D eigenvalue weighted by molar-refractivity contribution is 7.91. The van der Waals surface area contributed by atoms with E-state index >= 15 is 0 Å². The van der Waals surface area contributed by atoms with Gasteiger partial charge < -0.3 is 5.32 Å². The summed E-state index contributed by atoms with van der Waals surface area (Å²) in [7, 11) is -6.21. The van der Waals surface area contributed by atoms with Crippen molar-refractivity contribution >= 4 is 19.9 Å². The zero-order valence-corrected chi connectivity index (χ0v) is 11.9. The molecule has 0 spiro atoms. The molecule has 106 valence electrons. The second-order valence-corrected chi connectivity index (χ2v) is 9.32. The molecule has 1 heterocycles. The van der Waals surface area contributed by atoms with Crippen molar-refractivity contribution in [3.63, 3.8) is 0 Å². The van der Waals surface area contributed by atoms with Gasteiger partial charge >= 0.3 is 0 Å². The van der Waals surface area contributed by atoms with Crippen LogP contribution in [0.3, 0.4) is 0 Å². The topological polar surface area (TPSA) is 92.3 Å². The Kier molecular flexibility index (Phi) is 4.30. The van der Waals surface area contributed by atoms with Crippen LogP contribution in [0, 0.1) is 5.92 Å². The minimum absolute atomic E-state index is 0.0585. The lowest BCUT2D eigenvalue weighted by Crippen LogP contribution is -2.35. The monoisotopic (exact) mass is 296 g/mol. The summed E-state index contributed by atoms with van der Waals surface area (Å²) in [6, 6.07) is 0.500. The lowest BCUT2D eigenvalue weighted by atomic mass is 10.1. The highest BCUT2D eigenvalue weighted by atomic mass is 32.2. The van der Waals surface area contributed by atoms with Crippen molar-refractivity contribution in [3.8, 4) is 0 Å². The lowest BCUT2D eigenvalue weighted by Gasteiger charge is -2.10. The molecule has 0 aromatic carbocycles. The molecule has 1 unspecified atom stereocenters. The van der Waals surface area contributed by atoms with Crippen LogP contribution >= 0.6 is 0 Å². The summed E-state index contributed by atoms with van der Waals surface area (Å²) in [5.41, 5.74) is 0. The zero-order valence-electron chi connectivity index (χ0n) is 10.3. The summed E-state index contributed by atoms with van der Waals surface area (Å²) >= 11 is 0. The van der Waals surface area contributed by atoms with Crippen LogP contribution in [-0.4, -0.2) is 53.2 Å². The summed E-state index contributed by atoms with van der Waals surface area (Å²) in [6.45, 7) is 0.702. The molecule has 0 amide bonds. The molecular formula is C10H20N2O4S2. The molecule has 2 aliphatic rings. The highest BCUT2D eigenvalue weighted by Gasteiger charge is 2.28. The largest absolute Gasteiger partial charge is 0.313 e. The fourth-order valence-corrected chi connectivity index (χ4v) is 4.92. The molecule has 1 aliphatic heterocycles. The summed E-state index contributed by atoms with van der Waals surface area (Å²) in [6.07, 6.45) is 2.83. The van der Waals surface area contributed by atoms with Crippen LogP contribution in [0.25, 0.3) is 0 Å². The van der Waals surface area contributed by atoms with Gasteiger partial charge in [-0.2, -0.15) is 0 Å². The minimum Gasteiger partial charge on any atom is -0.313 e. The molecule has 1 aliphatic carbocycles. The van der Waals surface area contributed by atoms with Crippen molar-refractivity contribution < 1.29 is 16.8 Å². The van der Waals surface area contributed by atoms with Crippen LogP contribution in [0.1, 0.15) is 19.3 Å². The smallest absolute Gasteiger partial charge is 0.212 e. The Labute approximate surface area is 108 Å². The summed E-state index contributed by atoms with van der Waals surface area (Å²) in [5.74, 6) is 0.280. The minimum atomic E-state index is -3.28. The van der Waals surface area contributed by atoms with Gasteiger partial charge in [-0.3, -0.25) is 0 Å². The van der Waals surface area contributed by atoms with Gasteiger partial charge in [0.25, 0.3) is 0 Å². The second-order valence-electron chi connectivity index (χ2n) is 5.16. The van der Waals surface area contributed by atoms with E-state index in [-0.39, 0.29) is 29.7 Å². The first-order valence-corrected chi connectivity index (χ1v) is 9.75. The lowest BCUT2D eigenvalue weighted by molar-refractivity contribution is 0.541. The first-order chi connectivity index (χ1) is 8.36. The molecule has 1 atom stereocenters. The Bertz CT molecular complexity index is 482. The molecule has 0 radical (unpaired) electrons. The molecule has 0 aromatic rings. The van der Waals surface area contributed by atoms with E-state index in [0.717, 1.165) is 12.8 Å². The van der Waals surface area contributed by atoms with Gasteiger partial charge in [-0.25, -0.2) is 21.6 Å². The SMILES string of the molecule is O=S1(=O)CCC(CNS(=O)(=O)CCNC2CC2)C1. The van der Waals surface area contributed by atoms with E-state index in [1.165, 1.54) is 0 Å². The van der Waals surface area contributed by atoms with E-state index in [1.54, 1.807) is 0 Å². The number of rotatable bonds is 7. The van der Waals surface area contributed by atoms with E-state index in [0.29, 0.717) is 19.0 Å². The molecule has 8 heteroatoms. The van der Waals surface area contributed by atoms with Gasteiger partial charge in [0, 0.05) is 19.1 Å². The summed E-state index contributed by atoms with van der Waals surface area (Å²) < 4.78 is 48.3. The van der Waals surface area contributed by atoms with Gasteiger partial charge in [-0.1, -0.05) is 0 Å². The third kappa shape index (κ3) is 4.83. The molecule has 2 N–H and O–H groups in total. The zero-order chi connectivity index (χ0) is 13.2. The highest BCUT2D eigenvalue weighted by Crippen LogP contribution is 2.18. The van der Waals surface area contributed by atoms with E-state index in [2.05, 4.69) is 10.0 Å². The molecule has 1 saturated carbocycles. The van der Waals surface area contributed by atoms with Gasteiger partial charge in [0.1, 0.15) is 0 Å². The molecule has 18 heavy (non-hydrogen) atoms. The van der Waals surface area contributed by atoms with Crippen LogP contribution in [-0.2, 0) is 19.9 Å². The fraction of sp³-hybridized carbons (Fsp3) is 1.00. The van der Waals surface area contributed by atoms with Crippen LogP contribution in [0.2, 0.25) is 0 Å². The van der Waals surface area contributed by atoms with Crippen molar-refractivity contribution in [1.29, 1.82) is 0 Å². The maximum atomic E-state index is 11.6. The Morgan fingerprint density at radius 1 is 1.17 bits per heavy atom. The second kappa shape index (κ2) is 5.44. The maximum Gasteiger partial charge on any atom is 0.212 e. The summed E-state index contributed by atoms with van der Waals surface area (Å²) in [5, 5.41) is 3.14. The maximum absolute atomic E-state index is 11.6. The number of hydrogen-bond acceptors (Lipinski definition) is 5. The van der Waals surface area contributed by atoms with Crippen LogP contribution in [0.5, 0.6) is 0 Å². The van der Waals surface area contributed by atoms with Crippen molar-refractivity contribution in [3.05, 3.63) is 0 Å². The Morgan fingerprint density at radius 2 is 1.89 bits per heavy atom. The first kappa shape index (κ1) is 14.2. The molecule has 0 bridgehead atoms. The van der Waals surface area contributed by atoms with Crippen LogP contribution < -0.4 is 10.0 Å². The Hall–Kier alpha value is -0.180. The number of sulfonamides is 1. The molecule has 2 fully saturated rings. The average Bonchev–Trinajstić information content (AvgIpc) is 3.00. The van der Waals surface area contributed by atoms with E-state index in [9.17, 15) is 16.8 Å². The molecule has 2 rings (SSSR count). The van der Waals surface area contributed by atoms with Crippen molar-refractivity contribution in [2.45, 2.75) is 25.3 Å². The third-order valence-electron chi connectivity index (χ3n) is 3.30. The Balaban J connectivity index is 1.68. The van der Waals surface area contributed by atoms with Crippen LogP contribution in [0.4, 0.5) is 0 Å². The number of sulfone groups is 1. The predicted octanol–water partition coefficient (Wildman–Crippen LogP) is -0.907. The fourth-order valence-electron chi connectivity index (χ4n) is 2.03. The standard InChI is InChI=1S/C10H20N2O4S2/c13-17(14)5-3-9(8-17)7-12-18(15,16)6-4-11-10-1-2-10/h9-12H,1-8H2. The Morgan fingerprint density at radius 3 is 2.44 bits per heavy atom. The molecule has 6 nitrogen and oxygen atoms in total. The number of hydrogen-bond donors (Lipinski definition) is 2. The predicted molar refractivity (Wildman–Crippen MR) is 69.6 cm³/mol. The normalized spacial score (nSPS) is 27.4. The van der Waals surface area contributed by atoms with Gasteiger partial charge in [0.05, 0.1) is 17.3 Å². The average molecular weight is 296 g/mol. The van der Waals surface area contributed by atoms with Gasteiger partial charge in [0.2, 0.25) is 10.0 Å². The van der Waals surface area contributed by atoms with E-state index < -0.39 is 19.9 Å².